The molecule has 0 saturated carbocycles. The second-order valence-corrected chi connectivity index (χ2v) is 10.3. The summed E-state index contributed by atoms with van der Waals surface area (Å²) in [6.07, 6.45) is 0.536. The molecule has 6 nitrogen and oxygen atoms in total. The standard InChI is InChI=1S/C16H16BrN3O3S2/c17-13-4-2-1-3-11(13)16(21)18-15-12-7-24-8-14(12)19-20(15)10-5-6-25(22,23)9-10/h1-4,10H,5-9H2,(H,18,21). The lowest BCUT2D eigenvalue weighted by atomic mass is 10.2. The second-order valence-electron chi connectivity index (χ2n) is 6.20. The number of carbonyl (C=O) groups is 1. The minimum Gasteiger partial charge on any atom is -0.306 e. The molecule has 2 aliphatic rings. The maximum atomic E-state index is 12.7. The molecule has 25 heavy (non-hydrogen) atoms. The molecule has 0 spiro atoms. The molecular formula is C16H16BrN3O3S2. The van der Waals surface area contributed by atoms with E-state index in [0.717, 1.165) is 22.8 Å². The van der Waals surface area contributed by atoms with E-state index in [2.05, 4.69) is 26.3 Å². The average molecular weight is 442 g/mol. The number of anilines is 1. The molecule has 2 aromatic rings. The number of sulfone groups is 1. The predicted molar refractivity (Wildman–Crippen MR) is 102 cm³/mol. The van der Waals surface area contributed by atoms with Crippen LogP contribution in [0.2, 0.25) is 0 Å². The molecule has 1 aromatic heterocycles. The number of fused-ring (bicyclic) bond motifs is 1. The Morgan fingerprint density at radius 2 is 2.12 bits per heavy atom. The first kappa shape index (κ1) is 17.1. The van der Waals surface area contributed by atoms with Crippen molar-refractivity contribution in [1.29, 1.82) is 0 Å². The van der Waals surface area contributed by atoms with Crippen LogP contribution in [-0.2, 0) is 21.3 Å². The van der Waals surface area contributed by atoms with E-state index in [1.54, 1.807) is 28.6 Å². The second kappa shape index (κ2) is 6.44. The first-order valence-electron chi connectivity index (χ1n) is 7.89. The van der Waals surface area contributed by atoms with Gasteiger partial charge in [0.25, 0.3) is 5.91 Å². The summed E-state index contributed by atoms with van der Waals surface area (Å²) in [5, 5.41) is 7.59. The number of nitrogens with zero attached hydrogens (tertiary/aromatic N) is 2. The fourth-order valence-corrected chi connectivity index (χ4v) is 6.41. The molecule has 1 aromatic carbocycles. The summed E-state index contributed by atoms with van der Waals surface area (Å²) >= 11 is 5.14. The Hall–Kier alpha value is -1.32. The molecule has 2 aliphatic heterocycles. The number of hydrogen-bond acceptors (Lipinski definition) is 5. The van der Waals surface area contributed by atoms with Crippen molar-refractivity contribution < 1.29 is 13.2 Å². The minimum atomic E-state index is -3.03. The molecule has 1 atom stereocenters. The number of carbonyl (C=O) groups excluding carboxylic acids is 1. The fraction of sp³-hybridized carbons (Fsp3) is 0.375. The number of benzene rings is 1. The first-order chi connectivity index (χ1) is 11.9. The van der Waals surface area contributed by atoms with Crippen molar-refractivity contribution in [2.45, 2.75) is 24.0 Å². The Balaban J connectivity index is 1.69. The summed E-state index contributed by atoms with van der Waals surface area (Å²) in [5.74, 6) is 2.24. The number of rotatable bonds is 3. The molecule has 1 saturated heterocycles. The predicted octanol–water partition coefficient (Wildman–Crippen LogP) is 3.00. The zero-order valence-electron chi connectivity index (χ0n) is 13.2. The zero-order chi connectivity index (χ0) is 17.6. The summed E-state index contributed by atoms with van der Waals surface area (Å²) in [6.45, 7) is 0. The lowest BCUT2D eigenvalue weighted by Crippen LogP contribution is -2.20. The smallest absolute Gasteiger partial charge is 0.257 e. The van der Waals surface area contributed by atoms with Crippen molar-refractivity contribution in [1.82, 2.24) is 9.78 Å². The normalized spacial score (nSPS) is 21.2. The molecule has 0 radical (unpaired) electrons. The van der Waals surface area contributed by atoms with Gasteiger partial charge < -0.3 is 5.32 Å². The maximum absolute atomic E-state index is 12.7. The Bertz CT molecular complexity index is 956. The highest BCUT2D eigenvalue weighted by atomic mass is 79.9. The van der Waals surface area contributed by atoms with Crippen LogP contribution in [0.15, 0.2) is 28.7 Å². The summed E-state index contributed by atoms with van der Waals surface area (Å²) in [4.78, 5) is 12.7. The Morgan fingerprint density at radius 1 is 1.32 bits per heavy atom. The number of halogens is 1. The first-order valence-corrected chi connectivity index (χ1v) is 11.7. The van der Waals surface area contributed by atoms with E-state index in [9.17, 15) is 13.2 Å². The molecular weight excluding hydrogens is 426 g/mol. The van der Waals surface area contributed by atoms with Crippen LogP contribution in [0.25, 0.3) is 0 Å². The summed E-state index contributed by atoms with van der Waals surface area (Å²) in [6, 6.07) is 7.00. The van der Waals surface area contributed by atoms with Gasteiger partial charge in [-0.05, 0) is 34.5 Å². The van der Waals surface area contributed by atoms with Gasteiger partial charge in [-0.1, -0.05) is 12.1 Å². The highest BCUT2D eigenvalue weighted by Gasteiger charge is 2.34. The molecule has 1 N–H and O–H groups in total. The van der Waals surface area contributed by atoms with Gasteiger partial charge >= 0.3 is 0 Å². The Labute approximate surface area is 158 Å². The number of nitrogens with one attached hydrogen (secondary N) is 1. The molecule has 0 aliphatic carbocycles. The van der Waals surface area contributed by atoms with Gasteiger partial charge in [-0.15, -0.1) is 0 Å². The van der Waals surface area contributed by atoms with Crippen LogP contribution >= 0.6 is 27.7 Å². The highest BCUT2D eigenvalue weighted by Crippen LogP contribution is 2.38. The quantitative estimate of drug-likeness (QED) is 0.791. The van der Waals surface area contributed by atoms with Crippen LogP contribution in [0.4, 0.5) is 5.82 Å². The van der Waals surface area contributed by atoms with Crippen LogP contribution in [0.1, 0.15) is 34.1 Å². The van der Waals surface area contributed by atoms with Crippen molar-refractivity contribution in [2.75, 3.05) is 16.8 Å². The summed E-state index contributed by atoms with van der Waals surface area (Å²) in [7, 11) is -3.03. The van der Waals surface area contributed by atoms with Gasteiger partial charge in [0.2, 0.25) is 0 Å². The Morgan fingerprint density at radius 3 is 2.84 bits per heavy atom. The summed E-state index contributed by atoms with van der Waals surface area (Å²) < 4.78 is 26.1. The van der Waals surface area contributed by atoms with E-state index in [0.29, 0.717) is 22.3 Å². The molecule has 132 valence electrons. The largest absolute Gasteiger partial charge is 0.306 e. The van der Waals surface area contributed by atoms with Crippen molar-refractivity contribution >= 4 is 49.3 Å². The van der Waals surface area contributed by atoms with Crippen molar-refractivity contribution in [3.05, 3.63) is 45.6 Å². The van der Waals surface area contributed by atoms with Gasteiger partial charge in [-0.3, -0.25) is 4.79 Å². The zero-order valence-corrected chi connectivity index (χ0v) is 16.5. The number of amides is 1. The van der Waals surface area contributed by atoms with Crippen LogP contribution in [-0.4, -0.2) is 35.6 Å². The van der Waals surface area contributed by atoms with Gasteiger partial charge in [0, 0.05) is 21.5 Å². The van der Waals surface area contributed by atoms with Crippen molar-refractivity contribution in [2.24, 2.45) is 0 Å². The van der Waals surface area contributed by atoms with Crippen molar-refractivity contribution in [3.8, 4) is 0 Å². The monoisotopic (exact) mass is 441 g/mol. The van der Waals surface area contributed by atoms with E-state index in [-0.39, 0.29) is 23.5 Å². The maximum Gasteiger partial charge on any atom is 0.257 e. The lowest BCUT2D eigenvalue weighted by molar-refractivity contribution is 0.102. The fourth-order valence-electron chi connectivity index (χ4n) is 3.22. The topological polar surface area (TPSA) is 81.1 Å². The number of aromatic nitrogens is 2. The van der Waals surface area contributed by atoms with Crippen LogP contribution in [0.3, 0.4) is 0 Å². The van der Waals surface area contributed by atoms with E-state index in [1.807, 2.05) is 12.1 Å². The van der Waals surface area contributed by atoms with E-state index < -0.39 is 9.84 Å². The molecule has 0 bridgehead atoms. The molecule has 1 unspecified atom stereocenters. The van der Waals surface area contributed by atoms with Crippen LogP contribution in [0.5, 0.6) is 0 Å². The van der Waals surface area contributed by atoms with E-state index >= 15 is 0 Å². The average Bonchev–Trinajstić information content (AvgIpc) is 3.23. The van der Waals surface area contributed by atoms with Gasteiger partial charge in [-0.2, -0.15) is 16.9 Å². The molecule has 1 amide bonds. The molecule has 4 rings (SSSR count). The highest BCUT2D eigenvalue weighted by molar-refractivity contribution is 9.10. The lowest BCUT2D eigenvalue weighted by Gasteiger charge is -2.15. The van der Waals surface area contributed by atoms with Gasteiger partial charge in [-0.25, -0.2) is 13.1 Å². The number of hydrogen-bond donors (Lipinski definition) is 1. The minimum absolute atomic E-state index is 0.0819. The van der Waals surface area contributed by atoms with Gasteiger partial charge in [0.05, 0.1) is 28.8 Å². The third-order valence-electron chi connectivity index (χ3n) is 4.48. The third-order valence-corrected chi connectivity index (χ3v) is 7.89. The molecule has 1 fully saturated rings. The summed E-state index contributed by atoms with van der Waals surface area (Å²) in [5.41, 5.74) is 2.49. The molecule has 9 heteroatoms. The third kappa shape index (κ3) is 3.24. The molecule has 3 heterocycles. The van der Waals surface area contributed by atoms with Gasteiger partial charge in [0.15, 0.2) is 9.84 Å². The van der Waals surface area contributed by atoms with Crippen LogP contribution in [0, 0.1) is 0 Å². The SMILES string of the molecule is O=C(Nc1c2c(nn1C1CCS(=O)(=O)C1)CSC2)c1ccccc1Br. The van der Waals surface area contributed by atoms with E-state index in [1.165, 1.54) is 0 Å². The van der Waals surface area contributed by atoms with E-state index in [4.69, 9.17) is 0 Å². The number of thioether (sulfide) groups is 1. The van der Waals surface area contributed by atoms with Crippen LogP contribution < -0.4 is 5.32 Å². The van der Waals surface area contributed by atoms with Gasteiger partial charge in [0.1, 0.15) is 5.82 Å². The van der Waals surface area contributed by atoms with Crippen molar-refractivity contribution in [3.63, 3.8) is 0 Å². The Kier molecular flexibility index (Phi) is 4.41.